The molecule has 9 heteroatoms. The van der Waals surface area contributed by atoms with Gasteiger partial charge in [0.2, 0.25) is 5.88 Å². The Balaban J connectivity index is 1.34. The highest BCUT2D eigenvalue weighted by atomic mass is 16.7. The van der Waals surface area contributed by atoms with E-state index < -0.39 is 0 Å². The van der Waals surface area contributed by atoms with Crippen molar-refractivity contribution in [1.29, 1.82) is 0 Å². The largest absolute Gasteiger partial charge is 0.481 e. The van der Waals surface area contributed by atoms with Crippen molar-refractivity contribution < 1.29 is 14.2 Å². The second-order valence-electron chi connectivity index (χ2n) is 8.71. The summed E-state index contributed by atoms with van der Waals surface area (Å²) in [5.41, 5.74) is 3.19. The molecule has 5 rings (SSSR count). The molecule has 0 bridgehead atoms. The minimum absolute atomic E-state index is 0.123. The Morgan fingerprint density at radius 3 is 2.62 bits per heavy atom. The fraction of sp³-hybridized carbons (Fsp3) is 0.440. The number of hydrogen-bond acceptors (Lipinski definition) is 9. The van der Waals surface area contributed by atoms with Crippen LogP contribution < -0.4 is 19.7 Å². The van der Waals surface area contributed by atoms with E-state index in [1.165, 1.54) is 25.6 Å². The normalized spacial score (nSPS) is 18.1. The van der Waals surface area contributed by atoms with Gasteiger partial charge in [-0.05, 0) is 43.5 Å². The quantitative estimate of drug-likeness (QED) is 0.481. The summed E-state index contributed by atoms with van der Waals surface area (Å²) in [6.45, 7) is 2.10. The fourth-order valence-electron chi connectivity index (χ4n) is 4.39. The van der Waals surface area contributed by atoms with E-state index in [2.05, 4.69) is 30.4 Å². The molecule has 2 fully saturated rings. The number of hydrogen-bond donors (Lipinski definition) is 1. The first-order valence-corrected chi connectivity index (χ1v) is 11.7. The van der Waals surface area contributed by atoms with Gasteiger partial charge >= 0.3 is 0 Å². The number of ether oxygens (including phenoxy) is 3. The fourth-order valence-corrected chi connectivity index (χ4v) is 4.39. The van der Waals surface area contributed by atoms with E-state index in [0.29, 0.717) is 23.7 Å². The molecule has 9 nitrogen and oxygen atoms in total. The summed E-state index contributed by atoms with van der Waals surface area (Å²) in [5, 5.41) is 12.8. The van der Waals surface area contributed by atoms with E-state index >= 15 is 0 Å². The lowest BCUT2D eigenvalue weighted by atomic mass is 9.92. The Morgan fingerprint density at radius 2 is 1.88 bits per heavy atom. The Hall–Kier alpha value is -3.30. The van der Waals surface area contributed by atoms with Gasteiger partial charge < -0.3 is 24.4 Å². The maximum absolute atomic E-state index is 5.87. The van der Waals surface area contributed by atoms with Crippen LogP contribution in [0.3, 0.4) is 0 Å². The number of nitrogens with zero attached hydrogens (tertiary/aromatic N) is 5. The van der Waals surface area contributed by atoms with Crippen molar-refractivity contribution in [2.24, 2.45) is 0 Å². The van der Waals surface area contributed by atoms with Crippen LogP contribution >= 0.6 is 0 Å². The summed E-state index contributed by atoms with van der Waals surface area (Å²) >= 11 is 0. The molecule has 1 saturated heterocycles. The van der Waals surface area contributed by atoms with E-state index in [4.69, 9.17) is 14.2 Å². The van der Waals surface area contributed by atoms with Crippen LogP contribution in [0, 0.1) is 0 Å². The zero-order valence-electron chi connectivity index (χ0n) is 19.6. The molecule has 0 spiro atoms. The highest BCUT2D eigenvalue weighted by molar-refractivity contribution is 5.73. The van der Waals surface area contributed by atoms with Gasteiger partial charge in [0.05, 0.1) is 18.5 Å². The van der Waals surface area contributed by atoms with Gasteiger partial charge in [-0.25, -0.2) is 9.97 Å². The molecule has 0 radical (unpaired) electrons. The molecule has 1 aliphatic heterocycles. The molecule has 2 aromatic heterocycles. The lowest BCUT2D eigenvalue weighted by Gasteiger charge is -2.29. The number of nitrogens with one attached hydrogen (secondary N) is 1. The van der Waals surface area contributed by atoms with Gasteiger partial charge in [0.15, 0.2) is 12.6 Å². The van der Waals surface area contributed by atoms with Crippen LogP contribution in [-0.4, -0.2) is 66.4 Å². The van der Waals surface area contributed by atoms with Crippen molar-refractivity contribution in [3.8, 4) is 34.1 Å². The monoisotopic (exact) mass is 462 g/mol. The minimum Gasteiger partial charge on any atom is -0.481 e. The summed E-state index contributed by atoms with van der Waals surface area (Å²) in [7, 11) is 3.18. The number of rotatable bonds is 9. The van der Waals surface area contributed by atoms with Crippen molar-refractivity contribution in [1.82, 2.24) is 25.5 Å². The van der Waals surface area contributed by atoms with E-state index in [1.807, 2.05) is 30.3 Å². The summed E-state index contributed by atoms with van der Waals surface area (Å²) in [5.74, 6) is 2.05. The van der Waals surface area contributed by atoms with Gasteiger partial charge in [-0.15, -0.1) is 10.2 Å². The first kappa shape index (κ1) is 22.5. The van der Waals surface area contributed by atoms with Crippen LogP contribution in [0.5, 0.6) is 11.6 Å². The Labute approximate surface area is 199 Å². The topological polar surface area (TPSA) is 94.5 Å². The highest BCUT2D eigenvalue weighted by Crippen LogP contribution is 2.34. The average Bonchev–Trinajstić information content (AvgIpc) is 3.34. The van der Waals surface area contributed by atoms with Crippen molar-refractivity contribution in [3.63, 3.8) is 0 Å². The zero-order valence-corrected chi connectivity index (χ0v) is 19.6. The summed E-state index contributed by atoms with van der Waals surface area (Å²) < 4.78 is 16.2. The molecule has 178 valence electrons. The molecule has 0 amide bonds. The molecule has 1 N–H and O–H groups in total. The summed E-state index contributed by atoms with van der Waals surface area (Å²) in [6.07, 6.45) is 6.59. The first-order chi connectivity index (χ1) is 16.7. The first-order valence-electron chi connectivity index (χ1n) is 11.7. The number of aromatic nitrogens is 4. The third-order valence-corrected chi connectivity index (χ3v) is 6.48. The molecular formula is C25H30N6O3. The summed E-state index contributed by atoms with van der Waals surface area (Å²) in [4.78, 5) is 10.7. The predicted octanol–water partition coefficient (Wildman–Crippen LogP) is 3.31. The predicted molar refractivity (Wildman–Crippen MR) is 129 cm³/mol. The van der Waals surface area contributed by atoms with Crippen LogP contribution in [0.15, 0.2) is 42.7 Å². The summed E-state index contributed by atoms with van der Waals surface area (Å²) in [6, 6.07) is 12.9. The Morgan fingerprint density at radius 1 is 0.971 bits per heavy atom. The van der Waals surface area contributed by atoms with Gasteiger partial charge in [0, 0.05) is 49.5 Å². The lowest BCUT2D eigenvalue weighted by Crippen LogP contribution is -2.43. The maximum atomic E-state index is 5.87. The van der Waals surface area contributed by atoms with Gasteiger partial charge in [0.1, 0.15) is 12.1 Å². The smallest absolute Gasteiger partial charge is 0.216 e. The second-order valence-corrected chi connectivity index (χ2v) is 8.71. The molecule has 2 aliphatic rings. The van der Waals surface area contributed by atoms with E-state index in [1.54, 1.807) is 20.3 Å². The van der Waals surface area contributed by atoms with Gasteiger partial charge in [-0.1, -0.05) is 12.5 Å². The number of methoxy groups -OCH3 is 2. The molecule has 34 heavy (non-hydrogen) atoms. The van der Waals surface area contributed by atoms with E-state index in [-0.39, 0.29) is 6.79 Å². The van der Waals surface area contributed by atoms with Crippen LogP contribution in [0.2, 0.25) is 0 Å². The van der Waals surface area contributed by atoms with E-state index in [9.17, 15) is 0 Å². The Kier molecular flexibility index (Phi) is 6.82. The van der Waals surface area contributed by atoms with Crippen LogP contribution in [0.25, 0.3) is 22.5 Å². The molecule has 1 aromatic carbocycles. The van der Waals surface area contributed by atoms with Crippen LogP contribution in [-0.2, 0) is 4.74 Å². The van der Waals surface area contributed by atoms with Gasteiger partial charge in [-0.3, -0.25) is 0 Å². The van der Waals surface area contributed by atoms with Gasteiger partial charge in [0.25, 0.3) is 0 Å². The van der Waals surface area contributed by atoms with E-state index in [0.717, 1.165) is 47.8 Å². The zero-order chi connectivity index (χ0) is 23.3. The molecule has 1 saturated carbocycles. The Bertz CT molecular complexity index is 1110. The standard InChI is InChI=1S/C25H30N6O3/c1-32-16-34-23-12-17(22-13-25(33-2)27-15-26-22)6-7-20(23)21-8-9-24(30-29-21)31-11-10-19(14-31)28-18-4-3-5-18/h6-9,12-13,15,18-19,28H,3-5,10-11,14,16H2,1-2H3/t19-/m1/s1. The SMILES string of the molecule is COCOc1cc(-c2cc(OC)ncn2)ccc1-c1ccc(N2CC[C@@H](NC3CCC3)C2)nn1. The lowest BCUT2D eigenvalue weighted by molar-refractivity contribution is 0.0515. The number of anilines is 1. The van der Waals surface area contributed by atoms with Gasteiger partial charge in [-0.2, -0.15) is 0 Å². The van der Waals surface area contributed by atoms with Crippen molar-refractivity contribution in [2.45, 2.75) is 37.8 Å². The molecule has 1 atom stereocenters. The van der Waals surface area contributed by atoms with Crippen molar-refractivity contribution >= 4 is 5.82 Å². The number of benzene rings is 1. The molecule has 3 aromatic rings. The average molecular weight is 463 g/mol. The molecule has 0 unspecified atom stereocenters. The highest BCUT2D eigenvalue weighted by Gasteiger charge is 2.28. The van der Waals surface area contributed by atoms with Crippen LogP contribution in [0.1, 0.15) is 25.7 Å². The molecular weight excluding hydrogens is 432 g/mol. The van der Waals surface area contributed by atoms with Crippen LogP contribution in [0.4, 0.5) is 5.82 Å². The molecule has 3 heterocycles. The maximum Gasteiger partial charge on any atom is 0.216 e. The van der Waals surface area contributed by atoms with Crippen molar-refractivity contribution in [2.75, 3.05) is 39.0 Å². The third-order valence-electron chi connectivity index (χ3n) is 6.48. The minimum atomic E-state index is 0.123. The van der Waals surface area contributed by atoms with Crippen molar-refractivity contribution in [3.05, 3.63) is 42.7 Å². The third kappa shape index (κ3) is 4.95. The second kappa shape index (κ2) is 10.3. The molecule has 1 aliphatic carbocycles.